The molecule has 4 rings (SSSR count). The van der Waals surface area contributed by atoms with Crippen molar-refractivity contribution < 1.29 is 5.11 Å². The Bertz CT molecular complexity index is 498. The summed E-state index contributed by atoms with van der Waals surface area (Å²) in [5, 5.41) is 9.97. The fraction of sp³-hybridized carbons (Fsp3) is 0.789. The van der Waals surface area contributed by atoms with E-state index in [-0.39, 0.29) is 12.1 Å². The third-order valence-electron chi connectivity index (χ3n) is 7.75. The van der Waals surface area contributed by atoms with Crippen molar-refractivity contribution in [1.82, 2.24) is 0 Å². The van der Waals surface area contributed by atoms with Crippen LogP contribution in [0.1, 0.15) is 46.0 Å². The second-order valence-electron chi connectivity index (χ2n) is 8.55. The van der Waals surface area contributed by atoms with Gasteiger partial charge in [-0.1, -0.05) is 38.2 Å². The van der Waals surface area contributed by atoms with Crippen molar-refractivity contribution in [2.75, 3.05) is 0 Å². The Labute approximate surface area is 128 Å². The predicted molar refractivity (Wildman–Crippen MR) is 85.5 cm³/mol. The third kappa shape index (κ3) is 1.78. The van der Waals surface area contributed by atoms with Crippen LogP contribution in [0.3, 0.4) is 0 Å². The maximum atomic E-state index is 9.97. The molecule has 2 saturated carbocycles. The van der Waals surface area contributed by atoms with Crippen LogP contribution >= 0.6 is 0 Å². The fourth-order valence-electron chi connectivity index (χ4n) is 6.28. The van der Waals surface area contributed by atoms with Crippen LogP contribution < -0.4 is 5.73 Å². The van der Waals surface area contributed by atoms with Crippen molar-refractivity contribution in [2.45, 2.75) is 58.1 Å². The Kier molecular flexibility index (Phi) is 2.97. The summed E-state index contributed by atoms with van der Waals surface area (Å²) in [6, 6.07) is 0.248. The molecule has 0 aromatic rings. The van der Waals surface area contributed by atoms with E-state index in [9.17, 15) is 5.11 Å². The summed E-state index contributed by atoms with van der Waals surface area (Å²) in [6.45, 7) is 4.87. The number of hydrogen-bond acceptors (Lipinski definition) is 2. The van der Waals surface area contributed by atoms with Crippen LogP contribution in [-0.4, -0.2) is 17.3 Å². The van der Waals surface area contributed by atoms with Gasteiger partial charge in [0, 0.05) is 6.04 Å². The van der Waals surface area contributed by atoms with Crippen molar-refractivity contribution in [3.05, 3.63) is 24.3 Å². The van der Waals surface area contributed by atoms with Crippen molar-refractivity contribution in [2.24, 2.45) is 40.2 Å². The Morgan fingerprint density at radius 1 is 1.10 bits per heavy atom. The molecule has 116 valence electrons. The van der Waals surface area contributed by atoms with E-state index in [0.717, 1.165) is 18.3 Å². The number of fused-ring (bicyclic) bond motifs is 5. The predicted octanol–water partition coefficient (Wildman–Crippen LogP) is 3.27. The molecule has 2 heteroatoms. The molecule has 2 nitrogen and oxygen atoms in total. The number of aliphatic hydroxyl groups is 1. The number of allylic oxidation sites excluding steroid dienone is 2. The molecule has 4 aliphatic rings. The van der Waals surface area contributed by atoms with E-state index in [2.05, 4.69) is 38.2 Å². The molecule has 3 N–H and O–H groups in total. The summed E-state index contributed by atoms with van der Waals surface area (Å²) in [4.78, 5) is 0. The number of aliphatic hydroxyl groups excluding tert-OH is 1. The molecule has 4 aliphatic carbocycles. The fourth-order valence-corrected chi connectivity index (χ4v) is 6.28. The Morgan fingerprint density at radius 2 is 1.90 bits per heavy atom. The Balaban J connectivity index is 1.68. The summed E-state index contributed by atoms with van der Waals surface area (Å²) >= 11 is 0. The third-order valence-corrected chi connectivity index (χ3v) is 7.75. The minimum Gasteiger partial charge on any atom is -0.389 e. The zero-order valence-corrected chi connectivity index (χ0v) is 13.3. The normalized spacial score (nSPS) is 58.5. The lowest BCUT2D eigenvalue weighted by Gasteiger charge is -2.59. The highest BCUT2D eigenvalue weighted by atomic mass is 16.3. The molecular formula is C19H29NO. The summed E-state index contributed by atoms with van der Waals surface area (Å²) in [6.07, 6.45) is 15.0. The van der Waals surface area contributed by atoms with E-state index in [1.165, 1.54) is 25.7 Å². The molecule has 21 heavy (non-hydrogen) atoms. The van der Waals surface area contributed by atoms with E-state index in [1.807, 2.05) is 0 Å². The molecule has 0 spiro atoms. The zero-order chi connectivity index (χ0) is 14.8. The smallest absolute Gasteiger partial charge is 0.0724 e. The Hall–Kier alpha value is -0.600. The summed E-state index contributed by atoms with van der Waals surface area (Å²) < 4.78 is 0. The van der Waals surface area contributed by atoms with Gasteiger partial charge in [-0.2, -0.15) is 0 Å². The maximum absolute atomic E-state index is 9.97. The van der Waals surface area contributed by atoms with Crippen molar-refractivity contribution >= 4 is 0 Å². The second kappa shape index (κ2) is 4.45. The average Bonchev–Trinajstić information content (AvgIpc) is 2.76. The van der Waals surface area contributed by atoms with Gasteiger partial charge in [-0.3, -0.25) is 0 Å². The van der Waals surface area contributed by atoms with Gasteiger partial charge in [-0.25, -0.2) is 0 Å². The molecule has 0 aliphatic heterocycles. The van der Waals surface area contributed by atoms with Gasteiger partial charge >= 0.3 is 0 Å². The second-order valence-corrected chi connectivity index (χ2v) is 8.55. The van der Waals surface area contributed by atoms with Gasteiger partial charge in [0.05, 0.1) is 6.10 Å². The molecule has 0 aromatic heterocycles. The van der Waals surface area contributed by atoms with Crippen molar-refractivity contribution in [3.63, 3.8) is 0 Å². The molecule has 2 fully saturated rings. The van der Waals surface area contributed by atoms with E-state index in [1.54, 1.807) is 0 Å². The molecule has 0 heterocycles. The number of nitrogens with two attached hydrogens (primary N) is 1. The first-order valence-electron chi connectivity index (χ1n) is 8.76. The highest BCUT2D eigenvalue weighted by Gasteiger charge is 2.57. The van der Waals surface area contributed by atoms with Crippen LogP contribution in [0.5, 0.6) is 0 Å². The maximum Gasteiger partial charge on any atom is 0.0724 e. The lowest BCUT2D eigenvalue weighted by atomic mass is 9.46. The molecule has 0 bridgehead atoms. The largest absolute Gasteiger partial charge is 0.389 e. The number of rotatable bonds is 0. The highest BCUT2D eigenvalue weighted by molar-refractivity contribution is 5.23. The van der Waals surface area contributed by atoms with Gasteiger partial charge in [0.1, 0.15) is 0 Å². The van der Waals surface area contributed by atoms with Crippen molar-refractivity contribution in [3.8, 4) is 0 Å². The molecule has 0 saturated heterocycles. The lowest BCUT2D eigenvalue weighted by molar-refractivity contribution is -0.0704. The van der Waals surface area contributed by atoms with Crippen LogP contribution in [0.2, 0.25) is 0 Å². The van der Waals surface area contributed by atoms with Crippen LogP contribution in [0.15, 0.2) is 24.3 Å². The van der Waals surface area contributed by atoms with Gasteiger partial charge in [-0.05, 0) is 66.6 Å². The molecular weight excluding hydrogens is 258 g/mol. The monoisotopic (exact) mass is 287 g/mol. The quantitative estimate of drug-likeness (QED) is 0.672. The van der Waals surface area contributed by atoms with E-state index >= 15 is 0 Å². The van der Waals surface area contributed by atoms with Gasteiger partial charge in [0.2, 0.25) is 0 Å². The minimum absolute atomic E-state index is 0.215. The molecule has 0 aromatic carbocycles. The average molecular weight is 287 g/mol. The van der Waals surface area contributed by atoms with Gasteiger partial charge in [0.25, 0.3) is 0 Å². The van der Waals surface area contributed by atoms with E-state index in [0.29, 0.717) is 22.7 Å². The van der Waals surface area contributed by atoms with Gasteiger partial charge < -0.3 is 10.8 Å². The summed E-state index contributed by atoms with van der Waals surface area (Å²) in [7, 11) is 0. The summed E-state index contributed by atoms with van der Waals surface area (Å²) in [5.41, 5.74) is 6.98. The first-order valence-corrected chi connectivity index (χ1v) is 8.76. The molecule has 2 unspecified atom stereocenters. The van der Waals surface area contributed by atoms with Gasteiger partial charge in [0.15, 0.2) is 0 Å². The zero-order valence-electron chi connectivity index (χ0n) is 13.3. The minimum atomic E-state index is -0.215. The Morgan fingerprint density at radius 3 is 2.71 bits per heavy atom. The lowest BCUT2D eigenvalue weighted by Crippen LogP contribution is -2.54. The molecule has 0 radical (unpaired) electrons. The topological polar surface area (TPSA) is 46.2 Å². The highest BCUT2D eigenvalue weighted by Crippen LogP contribution is 2.63. The first-order chi connectivity index (χ1) is 9.95. The van der Waals surface area contributed by atoms with Crippen molar-refractivity contribution in [1.29, 1.82) is 0 Å². The van der Waals surface area contributed by atoms with Gasteiger partial charge in [-0.15, -0.1) is 0 Å². The molecule has 8 atom stereocenters. The van der Waals surface area contributed by atoms with Crippen LogP contribution in [-0.2, 0) is 0 Å². The van der Waals surface area contributed by atoms with Crippen LogP contribution in [0.25, 0.3) is 0 Å². The summed E-state index contributed by atoms with van der Waals surface area (Å²) in [5.74, 6) is 2.90. The number of hydrogen-bond donors (Lipinski definition) is 2. The first kappa shape index (κ1) is 14.0. The molecule has 0 amide bonds. The SMILES string of the molecule is C[C@]12CC[C@H]3[C@@H](CCC4CC(O)C=C[C@@]43C)[C@@H]1C=C[C@@H]2N. The van der Waals surface area contributed by atoms with Crippen LogP contribution in [0, 0.1) is 34.5 Å². The standard InChI is InChI=1S/C19H29NO/c1-18-9-7-13(21)11-12(18)3-4-14-15-5-6-17(20)19(15,2)10-8-16(14)18/h5-7,9,12-17,21H,3-4,8,10-11,20H2,1-2H3/t12?,13?,14-,15-,16-,17-,18-,19-/m0/s1. The van der Waals surface area contributed by atoms with E-state index in [4.69, 9.17) is 5.73 Å². The van der Waals surface area contributed by atoms with E-state index < -0.39 is 0 Å². The van der Waals surface area contributed by atoms with Crippen LogP contribution in [0.4, 0.5) is 0 Å².